The maximum absolute atomic E-state index is 12.1. The van der Waals surface area contributed by atoms with Crippen LogP contribution in [0.2, 0.25) is 0 Å². The first-order chi connectivity index (χ1) is 14.0. The van der Waals surface area contributed by atoms with Crippen molar-refractivity contribution in [3.63, 3.8) is 0 Å². The number of carbonyl (C=O) groups excluding carboxylic acids is 1. The van der Waals surface area contributed by atoms with Gasteiger partial charge in [0.1, 0.15) is 5.82 Å². The topological polar surface area (TPSA) is 96.9 Å². The van der Waals surface area contributed by atoms with E-state index in [0.717, 1.165) is 11.4 Å². The van der Waals surface area contributed by atoms with E-state index in [4.69, 9.17) is 9.47 Å². The van der Waals surface area contributed by atoms with Crippen LogP contribution in [0, 0.1) is 6.92 Å². The van der Waals surface area contributed by atoms with Crippen LogP contribution in [-0.2, 0) is 4.79 Å². The molecule has 8 nitrogen and oxygen atoms in total. The zero-order valence-electron chi connectivity index (χ0n) is 17.4. The minimum absolute atomic E-state index is 0.134. The number of hydrogen-bond donors (Lipinski definition) is 3. The van der Waals surface area contributed by atoms with E-state index in [1.54, 1.807) is 13.2 Å². The van der Waals surface area contributed by atoms with Crippen LogP contribution < -0.4 is 25.4 Å². The molecule has 8 heteroatoms. The molecule has 0 saturated carbocycles. The molecule has 1 aromatic heterocycles. The Balaban J connectivity index is 1.96. The summed E-state index contributed by atoms with van der Waals surface area (Å²) in [4.78, 5) is 20.8. The van der Waals surface area contributed by atoms with Gasteiger partial charge in [-0.3, -0.25) is 9.79 Å². The van der Waals surface area contributed by atoms with Crippen molar-refractivity contribution >= 4 is 23.4 Å². The number of aryl methyl sites for hydroxylation is 1. The molecule has 0 aliphatic heterocycles. The fraction of sp³-hybridized carbons (Fsp3) is 0.381. The summed E-state index contributed by atoms with van der Waals surface area (Å²) in [5.74, 6) is 2.32. The molecule has 0 fully saturated rings. The van der Waals surface area contributed by atoms with E-state index >= 15 is 0 Å². The average Bonchev–Trinajstić information content (AvgIpc) is 2.69. The summed E-state index contributed by atoms with van der Waals surface area (Å²) in [5.41, 5.74) is 1.66. The first kappa shape index (κ1) is 22.0. The van der Waals surface area contributed by atoms with Crippen LogP contribution in [0.3, 0.4) is 0 Å². The molecule has 0 aliphatic carbocycles. The van der Waals surface area contributed by atoms with Crippen LogP contribution in [0.1, 0.15) is 26.0 Å². The van der Waals surface area contributed by atoms with E-state index in [2.05, 4.69) is 25.9 Å². The van der Waals surface area contributed by atoms with Gasteiger partial charge < -0.3 is 25.4 Å². The molecule has 0 radical (unpaired) electrons. The number of hydrogen-bond acceptors (Lipinski definition) is 5. The average molecular weight is 399 g/mol. The number of rotatable bonds is 9. The molecule has 0 bridgehead atoms. The van der Waals surface area contributed by atoms with Gasteiger partial charge in [0.2, 0.25) is 5.91 Å². The number of benzene rings is 1. The predicted molar refractivity (Wildman–Crippen MR) is 116 cm³/mol. The first-order valence-corrected chi connectivity index (χ1v) is 9.65. The molecule has 0 spiro atoms. The molecule has 3 N–H and O–H groups in total. The highest BCUT2D eigenvalue weighted by Gasteiger charge is 2.08. The first-order valence-electron chi connectivity index (χ1n) is 9.65. The van der Waals surface area contributed by atoms with Gasteiger partial charge in [-0.1, -0.05) is 6.07 Å². The number of ether oxygens (including phenoxy) is 2. The lowest BCUT2D eigenvalue weighted by molar-refractivity contribution is -0.116. The van der Waals surface area contributed by atoms with Crippen LogP contribution in [0.15, 0.2) is 41.4 Å². The van der Waals surface area contributed by atoms with Gasteiger partial charge in [0.15, 0.2) is 17.5 Å². The summed E-state index contributed by atoms with van der Waals surface area (Å²) in [7, 11) is 1.60. The lowest BCUT2D eigenvalue weighted by Crippen LogP contribution is -2.31. The number of aliphatic imine (C=N–C) groups is 1. The minimum Gasteiger partial charge on any atom is -0.493 e. The van der Waals surface area contributed by atoms with Gasteiger partial charge in [-0.15, -0.1) is 0 Å². The van der Waals surface area contributed by atoms with Crippen molar-refractivity contribution in [2.24, 2.45) is 4.99 Å². The van der Waals surface area contributed by atoms with E-state index in [-0.39, 0.29) is 12.3 Å². The Bertz CT molecular complexity index is 839. The fourth-order valence-electron chi connectivity index (χ4n) is 2.55. The molecule has 0 saturated heterocycles. The van der Waals surface area contributed by atoms with Crippen molar-refractivity contribution in [1.82, 2.24) is 10.3 Å². The lowest BCUT2D eigenvalue weighted by atomic mass is 10.2. The minimum atomic E-state index is -0.134. The predicted octanol–water partition coefficient (Wildman–Crippen LogP) is 3.20. The lowest BCUT2D eigenvalue weighted by Gasteiger charge is -2.14. The molecule has 1 aromatic carbocycles. The molecule has 1 heterocycles. The SMILES string of the molecule is CCNC(=NCCC(=O)Nc1cccc(C)n1)Nc1ccc(OCC)c(OC)c1. The van der Waals surface area contributed by atoms with E-state index in [1.165, 1.54) is 0 Å². The molecule has 0 atom stereocenters. The Kier molecular flexibility index (Phi) is 8.75. The molecule has 0 unspecified atom stereocenters. The molecule has 29 heavy (non-hydrogen) atoms. The Morgan fingerprint density at radius 2 is 1.97 bits per heavy atom. The number of aromatic nitrogens is 1. The van der Waals surface area contributed by atoms with Crippen LogP contribution in [0.5, 0.6) is 11.5 Å². The van der Waals surface area contributed by atoms with Crippen LogP contribution >= 0.6 is 0 Å². The summed E-state index contributed by atoms with van der Waals surface area (Å²) in [6.45, 7) is 7.37. The Morgan fingerprint density at radius 3 is 2.66 bits per heavy atom. The van der Waals surface area contributed by atoms with E-state index in [0.29, 0.717) is 43.0 Å². The number of anilines is 2. The summed E-state index contributed by atoms with van der Waals surface area (Å²) in [5, 5.41) is 9.16. The molecule has 2 aromatic rings. The Labute approximate surface area is 171 Å². The quantitative estimate of drug-likeness (QED) is 0.443. The van der Waals surface area contributed by atoms with Gasteiger partial charge in [-0.05, 0) is 45.0 Å². The third-order valence-electron chi connectivity index (χ3n) is 3.84. The second kappa shape index (κ2) is 11.5. The standard InChI is InChI=1S/C21H29N5O3/c1-5-22-21(25-16-10-11-17(29-6-2)18(14-16)28-4)23-13-12-20(27)26-19-9-7-8-15(3)24-19/h7-11,14H,5-6,12-13H2,1-4H3,(H2,22,23,25)(H,24,26,27). The number of nitrogens with one attached hydrogen (secondary N) is 3. The zero-order chi connectivity index (χ0) is 21.1. The highest BCUT2D eigenvalue weighted by atomic mass is 16.5. The number of methoxy groups -OCH3 is 1. The smallest absolute Gasteiger partial charge is 0.227 e. The summed E-state index contributed by atoms with van der Waals surface area (Å²) < 4.78 is 10.9. The molecular weight excluding hydrogens is 370 g/mol. The maximum atomic E-state index is 12.1. The van der Waals surface area contributed by atoms with Crippen LogP contribution in [0.25, 0.3) is 0 Å². The third kappa shape index (κ3) is 7.33. The molecule has 0 aliphatic rings. The molecular formula is C21H29N5O3. The van der Waals surface area contributed by atoms with Crippen molar-refractivity contribution < 1.29 is 14.3 Å². The van der Waals surface area contributed by atoms with Gasteiger partial charge in [0.25, 0.3) is 0 Å². The fourth-order valence-corrected chi connectivity index (χ4v) is 2.55. The van der Waals surface area contributed by atoms with Crippen molar-refractivity contribution in [2.75, 3.05) is 37.4 Å². The van der Waals surface area contributed by atoms with Crippen molar-refractivity contribution in [2.45, 2.75) is 27.2 Å². The largest absolute Gasteiger partial charge is 0.493 e. The Hall–Kier alpha value is -3.29. The summed E-state index contributed by atoms with van der Waals surface area (Å²) >= 11 is 0. The van der Waals surface area contributed by atoms with Crippen LogP contribution in [0.4, 0.5) is 11.5 Å². The third-order valence-corrected chi connectivity index (χ3v) is 3.84. The number of carbonyl (C=O) groups is 1. The van der Waals surface area contributed by atoms with Gasteiger partial charge >= 0.3 is 0 Å². The number of pyridine rings is 1. The van der Waals surface area contributed by atoms with E-state index in [9.17, 15) is 4.79 Å². The number of nitrogens with zero attached hydrogens (tertiary/aromatic N) is 2. The second-order valence-corrected chi connectivity index (χ2v) is 6.15. The van der Waals surface area contributed by atoms with Gasteiger partial charge in [-0.2, -0.15) is 0 Å². The highest BCUT2D eigenvalue weighted by Crippen LogP contribution is 2.30. The molecule has 2 rings (SSSR count). The number of guanidine groups is 1. The van der Waals surface area contributed by atoms with E-state index in [1.807, 2.05) is 51.1 Å². The molecule has 1 amide bonds. The molecule has 156 valence electrons. The van der Waals surface area contributed by atoms with Gasteiger partial charge in [0, 0.05) is 30.4 Å². The van der Waals surface area contributed by atoms with Crippen molar-refractivity contribution in [1.29, 1.82) is 0 Å². The van der Waals surface area contributed by atoms with Crippen molar-refractivity contribution in [3.05, 3.63) is 42.1 Å². The maximum Gasteiger partial charge on any atom is 0.227 e. The monoisotopic (exact) mass is 399 g/mol. The Morgan fingerprint density at radius 1 is 1.14 bits per heavy atom. The van der Waals surface area contributed by atoms with Crippen molar-refractivity contribution in [3.8, 4) is 11.5 Å². The summed E-state index contributed by atoms with van der Waals surface area (Å²) in [6.07, 6.45) is 0.249. The van der Waals surface area contributed by atoms with Crippen LogP contribution in [-0.4, -0.2) is 43.7 Å². The second-order valence-electron chi connectivity index (χ2n) is 6.15. The van der Waals surface area contributed by atoms with E-state index < -0.39 is 0 Å². The van der Waals surface area contributed by atoms with Gasteiger partial charge in [0.05, 0.1) is 20.3 Å². The highest BCUT2D eigenvalue weighted by molar-refractivity contribution is 5.94. The number of amides is 1. The zero-order valence-corrected chi connectivity index (χ0v) is 17.4. The summed E-state index contributed by atoms with van der Waals surface area (Å²) in [6, 6.07) is 11.1. The van der Waals surface area contributed by atoms with Gasteiger partial charge in [-0.25, -0.2) is 4.98 Å². The normalized spacial score (nSPS) is 11.0.